The predicted molar refractivity (Wildman–Crippen MR) is 153 cm³/mol. The summed E-state index contributed by atoms with van der Waals surface area (Å²) in [5.41, 5.74) is 1.65. The zero-order valence-electron chi connectivity index (χ0n) is 23.0. The number of carbonyl (C=O) groups excluding carboxylic acids is 3. The minimum absolute atomic E-state index is 0. The average Bonchev–Trinajstić information content (AvgIpc) is 3.60. The maximum absolute atomic E-state index is 13.4. The number of imide groups is 1. The molecule has 1 aromatic carbocycles. The molecule has 39 heavy (non-hydrogen) atoms. The number of carbonyl (C=O) groups is 3. The number of hydrogen-bond acceptors (Lipinski definition) is 8. The Labute approximate surface area is 241 Å². The molecule has 1 aromatic heterocycles. The molecular formula is C28H40ClN5O4S. The third kappa shape index (κ3) is 8.28. The van der Waals surface area contributed by atoms with E-state index >= 15 is 0 Å². The lowest BCUT2D eigenvalue weighted by atomic mass is 9.83. The van der Waals surface area contributed by atoms with Crippen LogP contribution in [0.5, 0.6) is 0 Å². The molecule has 0 bridgehead atoms. The lowest BCUT2D eigenvalue weighted by molar-refractivity contribution is -0.135. The van der Waals surface area contributed by atoms with Crippen molar-refractivity contribution in [1.29, 1.82) is 0 Å². The number of rotatable bonds is 10. The third-order valence-electron chi connectivity index (χ3n) is 7.44. The molecule has 1 saturated carbocycles. The summed E-state index contributed by atoms with van der Waals surface area (Å²) in [6.07, 6.45) is 7.79. The van der Waals surface area contributed by atoms with E-state index in [0.29, 0.717) is 30.0 Å². The Morgan fingerprint density at radius 1 is 1.08 bits per heavy atom. The summed E-state index contributed by atoms with van der Waals surface area (Å²) in [5.74, 6) is -1.74. The molecule has 2 aromatic rings. The molecule has 2 N–H and O–H groups in total. The van der Waals surface area contributed by atoms with Crippen LogP contribution in [-0.4, -0.2) is 58.2 Å². The number of hydrogen-bond donors (Lipinski definition) is 2. The molecule has 0 spiro atoms. The zero-order chi connectivity index (χ0) is 27.1. The lowest BCUT2D eigenvalue weighted by Gasteiger charge is -2.31. The van der Waals surface area contributed by atoms with Crippen LogP contribution in [0.25, 0.3) is 0 Å². The largest absolute Gasteiger partial charge is 0.415 e. The predicted octanol–water partition coefficient (Wildman–Crippen LogP) is 4.57. The highest BCUT2D eigenvalue weighted by atomic mass is 35.5. The van der Waals surface area contributed by atoms with Crippen LogP contribution >= 0.6 is 24.2 Å². The second kappa shape index (κ2) is 14.8. The van der Waals surface area contributed by atoms with Crippen molar-refractivity contribution in [3.05, 3.63) is 41.3 Å². The van der Waals surface area contributed by atoms with Crippen molar-refractivity contribution in [1.82, 2.24) is 25.7 Å². The van der Waals surface area contributed by atoms with E-state index in [1.54, 1.807) is 0 Å². The second-order valence-electron chi connectivity index (χ2n) is 10.8. The first-order valence-electron chi connectivity index (χ1n) is 13.7. The van der Waals surface area contributed by atoms with Crippen molar-refractivity contribution < 1.29 is 18.8 Å². The first kappa shape index (κ1) is 31.1. The van der Waals surface area contributed by atoms with Gasteiger partial charge in [0, 0.05) is 18.2 Å². The number of aromatic nitrogens is 2. The molecule has 1 saturated heterocycles. The summed E-state index contributed by atoms with van der Waals surface area (Å²) in [6.45, 7) is 6.85. The maximum atomic E-state index is 13.4. The van der Waals surface area contributed by atoms with E-state index in [4.69, 9.17) is 4.42 Å². The van der Waals surface area contributed by atoms with Crippen molar-refractivity contribution in [3.8, 4) is 0 Å². The van der Waals surface area contributed by atoms with E-state index in [9.17, 15) is 14.4 Å². The smallest absolute Gasteiger partial charge is 0.276 e. The van der Waals surface area contributed by atoms with Gasteiger partial charge in [-0.3, -0.25) is 24.6 Å². The van der Waals surface area contributed by atoms with Gasteiger partial charge in [0.25, 0.3) is 11.1 Å². The highest BCUT2D eigenvalue weighted by Gasteiger charge is 2.36. The van der Waals surface area contributed by atoms with E-state index < -0.39 is 17.7 Å². The Bertz CT molecular complexity index is 1120. The molecule has 1 aliphatic heterocycles. The van der Waals surface area contributed by atoms with Gasteiger partial charge >= 0.3 is 0 Å². The molecular weight excluding hydrogens is 538 g/mol. The Hall–Kier alpha value is -2.43. The van der Waals surface area contributed by atoms with Gasteiger partial charge in [-0.1, -0.05) is 56.7 Å². The molecule has 2 heterocycles. The molecule has 3 amide bonds. The van der Waals surface area contributed by atoms with Crippen LogP contribution in [0.1, 0.15) is 86.5 Å². The van der Waals surface area contributed by atoms with Gasteiger partial charge < -0.3 is 9.73 Å². The standard InChI is InChI=1S/C28H39N5O4S.ClH/c1-18(2)16-22(27-31-32-28(37-27)38-3)26(36)30-25(35)21-12-6-7-13-23(21)29-24(34)20-11-5-4-10-19(20)17-33-14-8-9-15-33;/h4-5,10-11,18,21-23H,6-9,12-17H2,1-3H3,(H,29,34)(H,30,35,36);1H/t21-,22?,23+;/m1./s1. The molecule has 214 valence electrons. The molecule has 9 nitrogen and oxygen atoms in total. The van der Waals surface area contributed by atoms with Gasteiger partial charge in [-0.25, -0.2) is 0 Å². The van der Waals surface area contributed by atoms with E-state index in [1.165, 1.54) is 24.6 Å². The Morgan fingerprint density at radius 3 is 2.49 bits per heavy atom. The average molecular weight is 578 g/mol. The molecule has 2 aliphatic rings. The van der Waals surface area contributed by atoms with Crippen LogP contribution in [0, 0.1) is 11.8 Å². The van der Waals surface area contributed by atoms with Crippen LogP contribution in [0.4, 0.5) is 0 Å². The van der Waals surface area contributed by atoms with Crippen LogP contribution in [0.15, 0.2) is 33.9 Å². The number of likely N-dealkylation sites (tertiary alicyclic amines) is 1. The summed E-state index contributed by atoms with van der Waals surface area (Å²) in [6, 6.07) is 7.36. The van der Waals surface area contributed by atoms with Gasteiger partial charge in [-0.15, -0.1) is 22.6 Å². The molecule has 1 aliphatic carbocycles. The molecule has 2 fully saturated rings. The Morgan fingerprint density at radius 2 is 1.79 bits per heavy atom. The van der Waals surface area contributed by atoms with E-state index in [-0.39, 0.29) is 42.1 Å². The van der Waals surface area contributed by atoms with Gasteiger partial charge in [0.2, 0.25) is 17.7 Å². The fraction of sp³-hybridized carbons (Fsp3) is 0.607. The topological polar surface area (TPSA) is 117 Å². The summed E-state index contributed by atoms with van der Waals surface area (Å²) in [4.78, 5) is 42.3. The van der Waals surface area contributed by atoms with Crippen molar-refractivity contribution >= 4 is 41.9 Å². The number of thioether (sulfide) groups is 1. The van der Waals surface area contributed by atoms with Crippen LogP contribution < -0.4 is 10.6 Å². The van der Waals surface area contributed by atoms with Crippen molar-refractivity contribution in [2.24, 2.45) is 11.8 Å². The summed E-state index contributed by atoms with van der Waals surface area (Å²) in [5, 5.41) is 14.1. The summed E-state index contributed by atoms with van der Waals surface area (Å²) >= 11 is 1.31. The monoisotopic (exact) mass is 577 g/mol. The van der Waals surface area contributed by atoms with Crippen LogP contribution in [0.2, 0.25) is 0 Å². The second-order valence-corrected chi connectivity index (χ2v) is 11.5. The molecule has 11 heteroatoms. The third-order valence-corrected chi connectivity index (χ3v) is 7.95. The number of nitrogens with one attached hydrogen (secondary N) is 2. The number of halogens is 1. The molecule has 3 atom stereocenters. The van der Waals surface area contributed by atoms with E-state index in [2.05, 4.69) is 25.7 Å². The van der Waals surface area contributed by atoms with Crippen molar-refractivity contribution in [2.45, 2.75) is 82.5 Å². The highest BCUT2D eigenvalue weighted by Crippen LogP contribution is 2.28. The van der Waals surface area contributed by atoms with E-state index in [1.807, 2.05) is 44.4 Å². The fourth-order valence-electron chi connectivity index (χ4n) is 5.46. The first-order valence-corrected chi connectivity index (χ1v) is 14.9. The van der Waals surface area contributed by atoms with Gasteiger partial charge in [0.1, 0.15) is 5.92 Å². The maximum Gasteiger partial charge on any atom is 0.276 e. The highest BCUT2D eigenvalue weighted by molar-refractivity contribution is 7.98. The minimum Gasteiger partial charge on any atom is -0.415 e. The van der Waals surface area contributed by atoms with Crippen LogP contribution in [0.3, 0.4) is 0 Å². The number of nitrogens with zero attached hydrogens (tertiary/aromatic N) is 3. The summed E-state index contributed by atoms with van der Waals surface area (Å²) in [7, 11) is 0. The number of benzene rings is 1. The van der Waals surface area contributed by atoms with E-state index in [0.717, 1.165) is 38.0 Å². The zero-order valence-corrected chi connectivity index (χ0v) is 24.6. The fourth-order valence-corrected chi connectivity index (χ4v) is 5.75. The quantitative estimate of drug-likeness (QED) is 0.394. The molecule has 1 unspecified atom stereocenters. The van der Waals surface area contributed by atoms with Crippen molar-refractivity contribution in [3.63, 3.8) is 0 Å². The van der Waals surface area contributed by atoms with Crippen LogP contribution in [-0.2, 0) is 16.1 Å². The summed E-state index contributed by atoms with van der Waals surface area (Å²) < 4.78 is 5.63. The van der Waals surface area contributed by atoms with Crippen molar-refractivity contribution in [2.75, 3.05) is 19.3 Å². The Kier molecular flexibility index (Phi) is 11.8. The first-order chi connectivity index (χ1) is 18.4. The van der Waals surface area contributed by atoms with Gasteiger partial charge in [-0.2, -0.15) is 0 Å². The SMILES string of the molecule is CSc1nnc(C(CC(C)C)C(=O)NC(=O)[C@@H]2CCCC[C@@H]2NC(=O)c2ccccc2CN2CCCC2)o1.Cl. The number of amides is 3. The molecule has 4 rings (SSSR count). The van der Waals surface area contributed by atoms with Gasteiger partial charge in [-0.05, 0) is 69.0 Å². The van der Waals surface area contributed by atoms with Gasteiger partial charge in [0.15, 0.2) is 0 Å². The molecule has 0 radical (unpaired) electrons. The Balaban J connectivity index is 0.00000420. The van der Waals surface area contributed by atoms with Gasteiger partial charge in [0.05, 0.1) is 5.92 Å². The lowest BCUT2D eigenvalue weighted by Crippen LogP contribution is -2.50. The normalized spacial score (nSPS) is 20.3. The minimum atomic E-state index is -0.707.